The summed E-state index contributed by atoms with van der Waals surface area (Å²) in [5.41, 5.74) is 1.49. The third-order valence-corrected chi connectivity index (χ3v) is 4.79. The van der Waals surface area contributed by atoms with Crippen molar-refractivity contribution in [1.29, 1.82) is 5.26 Å². The van der Waals surface area contributed by atoms with E-state index in [1.165, 1.54) is 19.3 Å². The number of carbonyl (C=O) groups excluding carboxylic acids is 1. The quantitative estimate of drug-likeness (QED) is 0.920. The molecule has 1 unspecified atom stereocenters. The van der Waals surface area contributed by atoms with E-state index >= 15 is 0 Å². The lowest BCUT2D eigenvalue weighted by Crippen LogP contribution is -2.34. The molecule has 1 fully saturated rings. The van der Waals surface area contributed by atoms with Crippen molar-refractivity contribution >= 4 is 28.5 Å². The number of benzene rings is 1. The molecule has 1 heterocycles. The first kappa shape index (κ1) is 16.7. The maximum Gasteiger partial charge on any atom is 0.243 e. The molecule has 1 aliphatic carbocycles. The summed E-state index contributed by atoms with van der Waals surface area (Å²) in [4.78, 5) is 21.1. The number of nitriles is 1. The van der Waals surface area contributed by atoms with Gasteiger partial charge in [0.15, 0.2) is 11.1 Å². The van der Waals surface area contributed by atoms with Crippen LogP contribution in [0.2, 0.25) is 5.15 Å². The number of rotatable bonds is 4. The number of hydrogen-bond acceptors (Lipinski definition) is 4. The third-order valence-electron chi connectivity index (χ3n) is 4.51. The fraction of sp³-hybridized carbons (Fsp3) is 0.444. The molecule has 0 spiro atoms. The highest BCUT2D eigenvalue weighted by molar-refractivity contribution is 6.30. The largest absolute Gasteiger partial charge is 0.354 e. The molecule has 1 aliphatic rings. The zero-order chi connectivity index (χ0) is 16.9. The summed E-state index contributed by atoms with van der Waals surface area (Å²) < 4.78 is 0. The minimum atomic E-state index is -1.04. The van der Waals surface area contributed by atoms with Crippen molar-refractivity contribution < 1.29 is 4.79 Å². The Morgan fingerprint density at radius 2 is 1.92 bits per heavy atom. The molecule has 1 atom stereocenters. The van der Waals surface area contributed by atoms with E-state index in [1.54, 1.807) is 12.1 Å². The number of nitrogens with one attached hydrogen (secondary N) is 1. The van der Waals surface area contributed by atoms with Crippen LogP contribution in [0.15, 0.2) is 24.3 Å². The van der Waals surface area contributed by atoms with Crippen molar-refractivity contribution in [1.82, 2.24) is 15.3 Å². The Hall–Kier alpha value is -2.19. The van der Waals surface area contributed by atoms with Crippen LogP contribution >= 0.6 is 11.6 Å². The lowest BCUT2D eigenvalue weighted by Gasteiger charge is -2.22. The molecule has 0 radical (unpaired) electrons. The zero-order valence-corrected chi connectivity index (χ0v) is 14.1. The van der Waals surface area contributed by atoms with Crippen molar-refractivity contribution in [3.05, 3.63) is 35.1 Å². The number of hydrogen-bond donors (Lipinski definition) is 1. The number of aromatic nitrogens is 2. The van der Waals surface area contributed by atoms with E-state index in [9.17, 15) is 10.1 Å². The number of fused-ring (bicyclic) bond motifs is 1. The van der Waals surface area contributed by atoms with Crippen LogP contribution in [0.25, 0.3) is 11.0 Å². The molecule has 124 valence electrons. The van der Waals surface area contributed by atoms with E-state index < -0.39 is 5.92 Å². The minimum absolute atomic E-state index is 0.105. The van der Waals surface area contributed by atoms with Gasteiger partial charge in [-0.1, -0.05) is 43.0 Å². The van der Waals surface area contributed by atoms with Crippen LogP contribution in [0, 0.1) is 17.2 Å². The van der Waals surface area contributed by atoms with Crippen LogP contribution in [-0.2, 0) is 4.79 Å². The summed E-state index contributed by atoms with van der Waals surface area (Å²) >= 11 is 6.16. The summed E-state index contributed by atoms with van der Waals surface area (Å²) in [5, 5.41) is 12.4. The topological polar surface area (TPSA) is 78.7 Å². The molecule has 0 saturated heterocycles. The Morgan fingerprint density at radius 1 is 1.25 bits per heavy atom. The number of amides is 1. The Morgan fingerprint density at radius 3 is 2.58 bits per heavy atom. The number of carbonyl (C=O) groups is 1. The molecule has 1 aromatic heterocycles. The summed E-state index contributed by atoms with van der Waals surface area (Å²) in [7, 11) is 0. The zero-order valence-electron chi connectivity index (χ0n) is 13.3. The number of halogens is 1. The van der Waals surface area contributed by atoms with Gasteiger partial charge in [0.05, 0.1) is 17.1 Å². The maximum absolute atomic E-state index is 12.4. The van der Waals surface area contributed by atoms with Crippen LogP contribution in [-0.4, -0.2) is 22.4 Å². The predicted octanol–water partition coefficient (Wildman–Crippen LogP) is 3.59. The molecule has 5 nitrogen and oxygen atoms in total. The molecule has 24 heavy (non-hydrogen) atoms. The van der Waals surface area contributed by atoms with Crippen LogP contribution in [0.1, 0.15) is 43.7 Å². The molecular weight excluding hydrogens is 324 g/mol. The molecule has 1 aromatic carbocycles. The van der Waals surface area contributed by atoms with Crippen molar-refractivity contribution in [2.24, 2.45) is 5.92 Å². The summed E-state index contributed by atoms with van der Waals surface area (Å²) in [6.45, 7) is 0.607. The number of para-hydroxylation sites is 2. The lowest BCUT2D eigenvalue weighted by molar-refractivity contribution is -0.121. The second-order valence-corrected chi connectivity index (χ2v) is 6.56. The van der Waals surface area contributed by atoms with Gasteiger partial charge < -0.3 is 5.32 Å². The molecule has 3 rings (SSSR count). The SMILES string of the molecule is N#CC(C(=O)NCC1CCCCC1)c1nc2ccccc2nc1Cl. The highest BCUT2D eigenvalue weighted by Crippen LogP contribution is 2.25. The normalized spacial score (nSPS) is 16.5. The Bertz CT molecular complexity index is 780. The molecule has 1 N–H and O–H groups in total. The standard InChI is InChI=1S/C18H19ClN4O/c19-17-16(22-14-8-4-5-9-15(14)23-17)13(10-20)18(24)21-11-12-6-2-1-3-7-12/h4-5,8-9,12-13H,1-3,6-7,11H2,(H,21,24). The van der Waals surface area contributed by atoms with Crippen LogP contribution in [0.3, 0.4) is 0 Å². The van der Waals surface area contributed by atoms with Gasteiger partial charge in [0.2, 0.25) is 5.91 Å². The second-order valence-electron chi connectivity index (χ2n) is 6.20. The molecular formula is C18H19ClN4O. The third kappa shape index (κ3) is 3.65. The van der Waals surface area contributed by atoms with Crippen LogP contribution in [0.4, 0.5) is 0 Å². The average Bonchev–Trinajstić information content (AvgIpc) is 2.62. The van der Waals surface area contributed by atoms with Gasteiger partial charge >= 0.3 is 0 Å². The molecule has 0 aliphatic heterocycles. The minimum Gasteiger partial charge on any atom is -0.354 e. The van der Waals surface area contributed by atoms with Crippen LogP contribution in [0.5, 0.6) is 0 Å². The van der Waals surface area contributed by atoms with Crippen molar-refractivity contribution in [3.8, 4) is 6.07 Å². The fourth-order valence-corrected chi connectivity index (χ4v) is 3.40. The first-order valence-electron chi connectivity index (χ1n) is 8.28. The fourth-order valence-electron chi connectivity index (χ4n) is 3.16. The van der Waals surface area contributed by atoms with Gasteiger partial charge in [-0.2, -0.15) is 5.26 Å². The van der Waals surface area contributed by atoms with Gasteiger partial charge in [-0.25, -0.2) is 9.97 Å². The van der Waals surface area contributed by atoms with Gasteiger partial charge in [0.25, 0.3) is 0 Å². The monoisotopic (exact) mass is 342 g/mol. The predicted molar refractivity (Wildman–Crippen MR) is 92.5 cm³/mol. The van der Waals surface area contributed by atoms with E-state index in [0.717, 1.165) is 12.8 Å². The van der Waals surface area contributed by atoms with Crippen LogP contribution < -0.4 is 5.32 Å². The van der Waals surface area contributed by atoms with E-state index in [-0.39, 0.29) is 16.8 Å². The first-order valence-corrected chi connectivity index (χ1v) is 8.66. The summed E-state index contributed by atoms with van der Waals surface area (Å²) in [5.74, 6) is -0.895. The second kappa shape index (κ2) is 7.59. The maximum atomic E-state index is 12.4. The highest BCUT2D eigenvalue weighted by Gasteiger charge is 2.26. The van der Waals surface area contributed by atoms with Gasteiger partial charge in [-0.15, -0.1) is 0 Å². The molecule has 2 aromatic rings. The van der Waals surface area contributed by atoms with E-state index in [0.29, 0.717) is 23.5 Å². The lowest BCUT2D eigenvalue weighted by atomic mass is 9.89. The van der Waals surface area contributed by atoms with E-state index in [1.807, 2.05) is 18.2 Å². The summed E-state index contributed by atoms with van der Waals surface area (Å²) in [6, 6.07) is 9.27. The summed E-state index contributed by atoms with van der Waals surface area (Å²) in [6.07, 6.45) is 5.96. The molecule has 6 heteroatoms. The average molecular weight is 343 g/mol. The van der Waals surface area contributed by atoms with Crippen molar-refractivity contribution in [3.63, 3.8) is 0 Å². The van der Waals surface area contributed by atoms with Crippen molar-refractivity contribution in [2.45, 2.75) is 38.0 Å². The highest BCUT2D eigenvalue weighted by atomic mass is 35.5. The van der Waals surface area contributed by atoms with Gasteiger partial charge in [-0.05, 0) is 30.9 Å². The van der Waals surface area contributed by atoms with Gasteiger partial charge in [-0.3, -0.25) is 4.79 Å². The Kier molecular flexibility index (Phi) is 5.27. The van der Waals surface area contributed by atoms with E-state index in [2.05, 4.69) is 15.3 Å². The molecule has 1 saturated carbocycles. The molecule has 1 amide bonds. The van der Waals surface area contributed by atoms with Crippen molar-refractivity contribution in [2.75, 3.05) is 6.54 Å². The number of nitrogens with zero attached hydrogens (tertiary/aromatic N) is 3. The van der Waals surface area contributed by atoms with Gasteiger partial charge in [0, 0.05) is 6.54 Å². The first-order chi connectivity index (χ1) is 11.7. The molecule has 0 bridgehead atoms. The Balaban J connectivity index is 1.76. The van der Waals surface area contributed by atoms with Gasteiger partial charge in [0.1, 0.15) is 5.69 Å². The van der Waals surface area contributed by atoms with E-state index in [4.69, 9.17) is 11.6 Å². The smallest absolute Gasteiger partial charge is 0.243 e. The Labute approximate surface area is 146 Å².